The highest BCUT2D eigenvalue weighted by atomic mass is 16.5. The summed E-state index contributed by atoms with van der Waals surface area (Å²) in [5.74, 6) is 2.67. The van der Waals surface area contributed by atoms with Crippen LogP contribution in [-0.4, -0.2) is 41.8 Å². The number of likely N-dealkylation sites (tertiary alicyclic amines) is 1. The summed E-state index contributed by atoms with van der Waals surface area (Å²) in [6.45, 7) is 8.90. The number of tetrazole rings is 1. The van der Waals surface area contributed by atoms with Crippen LogP contribution in [0.25, 0.3) is 0 Å². The minimum absolute atomic E-state index is 0.197. The molecule has 0 spiro atoms. The van der Waals surface area contributed by atoms with Gasteiger partial charge in [0.1, 0.15) is 0 Å². The molecule has 0 aromatic carbocycles. The van der Waals surface area contributed by atoms with Crippen LogP contribution in [0.2, 0.25) is 0 Å². The van der Waals surface area contributed by atoms with Crippen molar-refractivity contribution >= 4 is 0 Å². The van der Waals surface area contributed by atoms with Crippen molar-refractivity contribution in [2.24, 2.45) is 0 Å². The Kier molecular flexibility index (Phi) is 5.00. The van der Waals surface area contributed by atoms with E-state index in [1.165, 1.54) is 0 Å². The van der Waals surface area contributed by atoms with Crippen molar-refractivity contribution in [1.29, 1.82) is 0 Å². The Morgan fingerprint density at radius 2 is 2.22 bits per heavy atom. The molecule has 1 aliphatic heterocycles. The summed E-state index contributed by atoms with van der Waals surface area (Å²) in [7, 11) is 0. The van der Waals surface area contributed by atoms with E-state index < -0.39 is 0 Å². The average molecular weight is 319 g/mol. The average Bonchev–Trinajstić information content (AvgIpc) is 3.26. The van der Waals surface area contributed by atoms with E-state index >= 15 is 0 Å². The normalized spacial score (nSPS) is 19.0. The Bertz CT molecular complexity index is 621. The third-order valence-electron chi connectivity index (χ3n) is 4.29. The first-order valence-electron chi connectivity index (χ1n) is 8.51. The van der Waals surface area contributed by atoms with E-state index in [-0.39, 0.29) is 12.0 Å². The smallest absolute Gasteiger partial charge is 0.229 e. The second kappa shape index (κ2) is 7.16. The van der Waals surface area contributed by atoms with Gasteiger partial charge in [0.05, 0.1) is 12.6 Å². The largest absolute Gasteiger partial charge is 0.339 e. The second-order valence-electron chi connectivity index (χ2n) is 6.45. The summed E-state index contributed by atoms with van der Waals surface area (Å²) in [4.78, 5) is 6.92. The molecule has 1 atom stereocenters. The second-order valence-corrected chi connectivity index (χ2v) is 6.45. The molecule has 0 saturated carbocycles. The third kappa shape index (κ3) is 3.57. The van der Waals surface area contributed by atoms with Crippen LogP contribution < -0.4 is 0 Å². The molecular weight excluding hydrogens is 294 g/mol. The highest BCUT2D eigenvalue weighted by Crippen LogP contribution is 2.31. The Balaban J connectivity index is 1.70. The molecule has 3 heterocycles. The van der Waals surface area contributed by atoms with Crippen molar-refractivity contribution in [3.05, 3.63) is 17.5 Å². The fraction of sp³-hybridized carbons (Fsp3) is 0.800. The number of hydrogen-bond donors (Lipinski definition) is 0. The lowest BCUT2D eigenvalue weighted by molar-refractivity contribution is 0.223. The Morgan fingerprint density at radius 1 is 1.35 bits per heavy atom. The topological polar surface area (TPSA) is 85.8 Å². The predicted octanol–water partition coefficient (Wildman–Crippen LogP) is 2.32. The van der Waals surface area contributed by atoms with Crippen molar-refractivity contribution < 1.29 is 4.52 Å². The van der Waals surface area contributed by atoms with E-state index in [1.807, 2.05) is 4.68 Å². The highest BCUT2D eigenvalue weighted by molar-refractivity contribution is 5.01. The summed E-state index contributed by atoms with van der Waals surface area (Å²) in [5.41, 5.74) is 0. The molecule has 8 heteroatoms. The molecule has 0 aliphatic carbocycles. The Hall–Kier alpha value is -1.83. The zero-order valence-corrected chi connectivity index (χ0v) is 14.1. The van der Waals surface area contributed by atoms with E-state index in [0.29, 0.717) is 5.89 Å². The number of aromatic nitrogens is 6. The monoisotopic (exact) mass is 319 g/mol. The SMILES string of the molecule is CCCCn1nnnc1CN1CCC[C@H]1c1noc(C(C)C)n1. The maximum absolute atomic E-state index is 5.37. The van der Waals surface area contributed by atoms with Crippen molar-refractivity contribution in [1.82, 2.24) is 35.2 Å². The van der Waals surface area contributed by atoms with Crippen LogP contribution in [0.3, 0.4) is 0 Å². The van der Waals surface area contributed by atoms with Gasteiger partial charge in [-0.2, -0.15) is 4.98 Å². The maximum atomic E-state index is 5.37. The van der Waals surface area contributed by atoms with Crippen molar-refractivity contribution in [2.75, 3.05) is 6.54 Å². The lowest BCUT2D eigenvalue weighted by Gasteiger charge is -2.21. The molecule has 0 radical (unpaired) electrons. The Labute approximate surface area is 136 Å². The lowest BCUT2D eigenvalue weighted by atomic mass is 10.2. The summed E-state index contributed by atoms with van der Waals surface area (Å²) >= 11 is 0. The first-order chi connectivity index (χ1) is 11.2. The molecule has 2 aromatic rings. The zero-order valence-electron chi connectivity index (χ0n) is 14.1. The number of unbranched alkanes of at least 4 members (excludes halogenated alkanes) is 1. The maximum Gasteiger partial charge on any atom is 0.229 e. The quantitative estimate of drug-likeness (QED) is 0.774. The van der Waals surface area contributed by atoms with E-state index in [9.17, 15) is 0 Å². The number of nitrogens with zero attached hydrogens (tertiary/aromatic N) is 7. The fourth-order valence-corrected chi connectivity index (χ4v) is 2.92. The molecule has 23 heavy (non-hydrogen) atoms. The molecule has 0 unspecified atom stereocenters. The minimum atomic E-state index is 0.197. The number of aryl methyl sites for hydroxylation is 1. The fourth-order valence-electron chi connectivity index (χ4n) is 2.92. The van der Waals surface area contributed by atoms with E-state index in [1.54, 1.807) is 0 Å². The van der Waals surface area contributed by atoms with Gasteiger partial charge in [-0.25, -0.2) is 4.68 Å². The van der Waals surface area contributed by atoms with Crippen molar-refractivity contribution in [3.8, 4) is 0 Å². The third-order valence-corrected chi connectivity index (χ3v) is 4.29. The summed E-state index contributed by atoms with van der Waals surface area (Å²) < 4.78 is 7.28. The van der Waals surface area contributed by atoms with Crippen LogP contribution in [0.1, 0.15) is 76.0 Å². The molecule has 3 rings (SSSR count). The van der Waals surface area contributed by atoms with Gasteiger partial charge < -0.3 is 4.52 Å². The van der Waals surface area contributed by atoms with Gasteiger partial charge in [-0.1, -0.05) is 32.3 Å². The Morgan fingerprint density at radius 3 is 2.96 bits per heavy atom. The van der Waals surface area contributed by atoms with Crippen molar-refractivity contribution in [3.63, 3.8) is 0 Å². The van der Waals surface area contributed by atoms with Crippen LogP contribution in [0.15, 0.2) is 4.52 Å². The summed E-state index contributed by atoms with van der Waals surface area (Å²) in [5, 5.41) is 16.3. The molecule has 1 fully saturated rings. The molecule has 8 nitrogen and oxygen atoms in total. The standard InChI is InChI=1S/C15H25N7O/c1-4-5-9-22-13(17-19-20-22)10-21-8-6-7-12(21)14-16-15(11(2)3)23-18-14/h11-12H,4-10H2,1-3H3/t12-/m0/s1. The van der Waals surface area contributed by atoms with Crippen LogP contribution in [0, 0.1) is 0 Å². The molecule has 0 N–H and O–H groups in total. The van der Waals surface area contributed by atoms with Crippen molar-refractivity contribution in [2.45, 2.75) is 71.5 Å². The van der Waals surface area contributed by atoms with Gasteiger partial charge in [0.15, 0.2) is 11.6 Å². The molecule has 1 saturated heterocycles. The minimum Gasteiger partial charge on any atom is -0.339 e. The van der Waals surface area contributed by atoms with Gasteiger partial charge in [-0.3, -0.25) is 4.90 Å². The summed E-state index contributed by atoms with van der Waals surface area (Å²) in [6, 6.07) is 0.197. The van der Waals surface area contributed by atoms with E-state index in [2.05, 4.69) is 51.3 Å². The first-order valence-corrected chi connectivity index (χ1v) is 8.51. The van der Waals surface area contributed by atoms with Crippen LogP contribution in [0.5, 0.6) is 0 Å². The van der Waals surface area contributed by atoms with Gasteiger partial charge in [0.25, 0.3) is 0 Å². The molecule has 126 valence electrons. The predicted molar refractivity (Wildman–Crippen MR) is 83.5 cm³/mol. The van der Waals surface area contributed by atoms with Gasteiger partial charge in [-0.15, -0.1) is 5.10 Å². The molecule has 0 bridgehead atoms. The van der Waals surface area contributed by atoms with Gasteiger partial charge >= 0.3 is 0 Å². The highest BCUT2D eigenvalue weighted by Gasteiger charge is 2.31. The summed E-state index contributed by atoms with van der Waals surface area (Å²) in [6.07, 6.45) is 4.40. The van der Waals surface area contributed by atoms with Gasteiger partial charge in [0, 0.05) is 12.5 Å². The number of rotatable bonds is 7. The zero-order chi connectivity index (χ0) is 16.2. The molecular formula is C15H25N7O. The van der Waals surface area contributed by atoms with Crippen LogP contribution in [-0.2, 0) is 13.1 Å². The first kappa shape index (κ1) is 16.0. The van der Waals surface area contributed by atoms with Gasteiger partial charge in [0.2, 0.25) is 5.89 Å². The van der Waals surface area contributed by atoms with E-state index in [0.717, 1.165) is 57.0 Å². The molecule has 2 aromatic heterocycles. The van der Waals surface area contributed by atoms with E-state index in [4.69, 9.17) is 4.52 Å². The number of hydrogen-bond acceptors (Lipinski definition) is 7. The molecule has 1 aliphatic rings. The lowest BCUT2D eigenvalue weighted by Crippen LogP contribution is -2.25. The van der Waals surface area contributed by atoms with Crippen LogP contribution >= 0.6 is 0 Å². The molecule has 0 amide bonds. The van der Waals surface area contributed by atoms with Crippen LogP contribution in [0.4, 0.5) is 0 Å². The van der Waals surface area contributed by atoms with Gasteiger partial charge in [-0.05, 0) is 36.2 Å².